The van der Waals surface area contributed by atoms with Gasteiger partial charge in [-0.15, -0.1) is 0 Å². The van der Waals surface area contributed by atoms with Gasteiger partial charge in [0.05, 0.1) is 6.54 Å². The van der Waals surface area contributed by atoms with Crippen molar-refractivity contribution in [3.05, 3.63) is 0 Å². The number of hydrogen-bond donors (Lipinski definition) is 3. The van der Waals surface area contributed by atoms with Crippen molar-refractivity contribution in [1.82, 2.24) is 5.32 Å². The monoisotopic (exact) mass is 232 g/mol. The molecule has 6 heteroatoms. The Morgan fingerprint density at radius 1 is 1.47 bits per heavy atom. The van der Waals surface area contributed by atoms with Crippen LogP contribution in [0, 0.1) is 5.41 Å². The number of amides is 2. The first-order valence-electron chi connectivity index (χ1n) is 4.88. The lowest BCUT2D eigenvalue weighted by Gasteiger charge is -2.11. The molecule has 5 nitrogen and oxygen atoms in total. The van der Waals surface area contributed by atoms with Crippen LogP contribution in [-0.4, -0.2) is 30.9 Å². The molecule has 15 heavy (non-hydrogen) atoms. The maximum Gasteiger partial charge on any atom is 0.404 e. The van der Waals surface area contributed by atoms with E-state index in [4.69, 9.17) is 5.73 Å². The van der Waals surface area contributed by atoms with Crippen LogP contribution in [0.25, 0.3) is 0 Å². The van der Waals surface area contributed by atoms with Gasteiger partial charge in [0, 0.05) is 6.42 Å². The van der Waals surface area contributed by atoms with Gasteiger partial charge >= 0.3 is 6.09 Å². The molecule has 0 aromatic carbocycles. The Hall–Kier alpha value is -0.910. The molecule has 0 bridgehead atoms. The molecule has 1 rings (SSSR count). The van der Waals surface area contributed by atoms with Crippen LogP contribution in [0.4, 0.5) is 4.79 Å². The van der Waals surface area contributed by atoms with Crippen LogP contribution in [0.15, 0.2) is 0 Å². The van der Waals surface area contributed by atoms with Gasteiger partial charge in [0.1, 0.15) is 6.61 Å². The minimum absolute atomic E-state index is 0.0189. The zero-order valence-electron chi connectivity index (χ0n) is 8.49. The highest BCUT2D eigenvalue weighted by molar-refractivity contribution is 7.80. The number of rotatable bonds is 6. The molecule has 0 aliphatic heterocycles. The first kappa shape index (κ1) is 12.2. The van der Waals surface area contributed by atoms with Crippen LogP contribution < -0.4 is 11.1 Å². The number of hydrogen-bond acceptors (Lipinski definition) is 4. The maximum absolute atomic E-state index is 11.4. The summed E-state index contributed by atoms with van der Waals surface area (Å²) >= 11 is 4.21. The molecular formula is C9H16N2O3S. The first-order valence-corrected chi connectivity index (χ1v) is 5.51. The minimum atomic E-state index is -0.821. The van der Waals surface area contributed by atoms with E-state index in [0.717, 1.165) is 18.6 Å². The molecule has 0 unspecified atom stereocenters. The van der Waals surface area contributed by atoms with Crippen molar-refractivity contribution in [1.29, 1.82) is 0 Å². The zero-order chi connectivity index (χ0) is 11.3. The van der Waals surface area contributed by atoms with Gasteiger partial charge in [0.15, 0.2) is 0 Å². The molecule has 86 valence electrons. The van der Waals surface area contributed by atoms with Gasteiger partial charge in [-0.1, -0.05) is 0 Å². The Labute approximate surface area is 94.1 Å². The summed E-state index contributed by atoms with van der Waals surface area (Å²) in [6, 6.07) is 0. The number of primary amides is 1. The number of carbonyl (C=O) groups excluding carboxylic acids is 2. The van der Waals surface area contributed by atoms with E-state index < -0.39 is 6.09 Å². The third-order valence-corrected chi connectivity index (χ3v) is 3.17. The van der Waals surface area contributed by atoms with Crippen LogP contribution >= 0.6 is 12.6 Å². The predicted octanol–water partition coefficient (Wildman–Crippen LogP) is 0.298. The van der Waals surface area contributed by atoms with Gasteiger partial charge in [-0.3, -0.25) is 4.79 Å². The van der Waals surface area contributed by atoms with Crippen molar-refractivity contribution in [2.24, 2.45) is 11.1 Å². The van der Waals surface area contributed by atoms with Gasteiger partial charge in [-0.2, -0.15) is 12.6 Å². The molecule has 0 spiro atoms. The highest BCUT2D eigenvalue weighted by Gasteiger charge is 2.42. The van der Waals surface area contributed by atoms with Crippen LogP contribution in [0.1, 0.15) is 19.3 Å². The molecular weight excluding hydrogens is 216 g/mol. The molecule has 2 amide bonds. The van der Waals surface area contributed by atoms with Crippen molar-refractivity contribution in [2.75, 3.05) is 18.9 Å². The Morgan fingerprint density at radius 2 is 2.13 bits per heavy atom. The highest BCUT2D eigenvalue weighted by Crippen LogP contribution is 2.49. The number of nitrogens with one attached hydrogen (secondary N) is 1. The fraction of sp³-hybridized carbons (Fsp3) is 0.778. The molecule has 1 saturated carbocycles. The molecule has 1 aliphatic rings. The van der Waals surface area contributed by atoms with Gasteiger partial charge in [-0.25, -0.2) is 4.79 Å². The highest BCUT2D eigenvalue weighted by atomic mass is 32.1. The molecule has 3 N–H and O–H groups in total. The van der Waals surface area contributed by atoms with Crippen molar-refractivity contribution < 1.29 is 14.3 Å². The van der Waals surface area contributed by atoms with Crippen LogP contribution in [0.3, 0.4) is 0 Å². The van der Waals surface area contributed by atoms with Crippen molar-refractivity contribution >= 4 is 24.6 Å². The Morgan fingerprint density at radius 3 is 2.60 bits per heavy atom. The molecule has 0 aromatic heterocycles. The Balaban J connectivity index is 2.06. The summed E-state index contributed by atoms with van der Waals surface area (Å²) in [5.41, 5.74) is 4.88. The smallest absolute Gasteiger partial charge is 0.404 e. The molecule has 1 aliphatic carbocycles. The number of carbonyl (C=O) groups is 2. The Bertz CT molecular complexity index is 254. The standard InChI is InChI=1S/C9H16N2O3S/c10-8(13)14-4-3-11-7(12)5-9(6-15)1-2-9/h15H,1-6H2,(H2,10,13)(H,11,12). The molecule has 0 radical (unpaired) electrons. The summed E-state index contributed by atoms with van der Waals surface area (Å²) < 4.78 is 4.47. The molecule has 0 heterocycles. The van der Waals surface area contributed by atoms with Gasteiger partial charge in [0.25, 0.3) is 0 Å². The van der Waals surface area contributed by atoms with Crippen molar-refractivity contribution in [3.63, 3.8) is 0 Å². The number of ether oxygens (including phenoxy) is 1. The van der Waals surface area contributed by atoms with E-state index in [9.17, 15) is 9.59 Å². The lowest BCUT2D eigenvalue weighted by atomic mass is 10.1. The van der Waals surface area contributed by atoms with E-state index in [1.165, 1.54) is 0 Å². The average molecular weight is 232 g/mol. The second-order valence-corrected chi connectivity index (χ2v) is 4.17. The van der Waals surface area contributed by atoms with Crippen LogP contribution in [-0.2, 0) is 9.53 Å². The Kier molecular flexibility index (Phi) is 4.26. The maximum atomic E-state index is 11.4. The molecule has 0 saturated heterocycles. The quantitative estimate of drug-likeness (QED) is 0.455. The third kappa shape index (κ3) is 4.42. The van der Waals surface area contributed by atoms with E-state index in [-0.39, 0.29) is 17.9 Å². The van der Waals surface area contributed by atoms with Gasteiger partial charge in [-0.05, 0) is 24.0 Å². The van der Waals surface area contributed by atoms with E-state index >= 15 is 0 Å². The van der Waals surface area contributed by atoms with E-state index in [1.807, 2.05) is 0 Å². The topological polar surface area (TPSA) is 81.4 Å². The lowest BCUT2D eigenvalue weighted by Crippen LogP contribution is -2.30. The summed E-state index contributed by atoms with van der Waals surface area (Å²) in [6.45, 7) is 0.430. The fourth-order valence-corrected chi connectivity index (χ4v) is 1.74. The zero-order valence-corrected chi connectivity index (χ0v) is 9.39. The second kappa shape index (κ2) is 5.25. The number of thiol groups is 1. The first-order chi connectivity index (χ1) is 7.08. The summed E-state index contributed by atoms with van der Waals surface area (Å²) in [6.07, 6.45) is 1.83. The van der Waals surface area contributed by atoms with E-state index in [0.29, 0.717) is 13.0 Å². The largest absolute Gasteiger partial charge is 0.448 e. The summed E-state index contributed by atoms with van der Waals surface area (Å²) in [7, 11) is 0. The van der Waals surface area contributed by atoms with Crippen molar-refractivity contribution in [2.45, 2.75) is 19.3 Å². The van der Waals surface area contributed by atoms with Crippen molar-refractivity contribution in [3.8, 4) is 0 Å². The average Bonchev–Trinajstić information content (AvgIpc) is 2.93. The molecule has 1 fully saturated rings. The lowest BCUT2D eigenvalue weighted by molar-refractivity contribution is -0.122. The van der Waals surface area contributed by atoms with E-state index in [1.54, 1.807) is 0 Å². The molecule has 0 aromatic rings. The van der Waals surface area contributed by atoms with E-state index in [2.05, 4.69) is 22.7 Å². The predicted molar refractivity (Wildman–Crippen MR) is 58.7 cm³/mol. The third-order valence-electron chi connectivity index (χ3n) is 2.50. The normalized spacial score (nSPS) is 16.9. The minimum Gasteiger partial charge on any atom is -0.448 e. The summed E-state index contributed by atoms with van der Waals surface area (Å²) in [5.74, 6) is 0.729. The SMILES string of the molecule is NC(=O)OCCNC(=O)CC1(CS)CC1. The summed E-state index contributed by atoms with van der Waals surface area (Å²) in [5, 5.41) is 2.66. The second-order valence-electron chi connectivity index (χ2n) is 3.85. The summed E-state index contributed by atoms with van der Waals surface area (Å²) in [4.78, 5) is 21.6. The van der Waals surface area contributed by atoms with Gasteiger partial charge in [0.2, 0.25) is 5.91 Å². The van der Waals surface area contributed by atoms with Crippen LogP contribution in [0.2, 0.25) is 0 Å². The van der Waals surface area contributed by atoms with Gasteiger partial charge < -0.3 is 15.8 Å². The molecule has 0 atom stereocenters. The van der Waals surface area contributed by atoms with Crippen LogP contribution in [0.5, 0.6) is 0 Å². The fourth-order valence-electron chi connectivity index (χ4n) is 1.31. The number of nitrogens with two attached hydrogens (primary N) is 1.